The molecule has 0 aliphatic heterocycles. The first-order valence-corrected chi connectivity index (χ1v) is 15.5. The van der Waals surface area contributed by atoms with Crippen LogP contribution in [0.2, 0.25) is 0 Å². The lowest BCUT2D eigenvalue weighted by atomic mass is 9.93. The largest absolute Gasteiger partial charge is 0.388 e. The van der Waals surface area contributed by atoms with Crippen molar-refractivity contribution in [3.63, 3.8) is 0 Å². The Kier molecular flexibility index (Phi) is 12.6. The maximum absolute atomic E-state index is 12.2. The Balaban J connectivity index is 0.000000256. The SMILES string of the molecule is C#CC(CS(=O)(=O)c1ccccn1)c1ccccc1.COC.[CH2]CN(CC)C12C=CC(N(CC)CC)=CC1(C)C2. The van der Waals surface area contributed by atoms with Crippen LogP contribution in [0.15, 0.2) is 83.7 Å². The number of fused-ring (bicyclic) bond motifs is 1. The first-order chi connectivity index (χ1) is 19.1. The van der Waals surface area contributed by atoms with Crippen molar-refractivity contribution < 1.29 is 13.2 Å². The van der Waals surface area contributed by atoms with E-state index in [4.69, 9.17) is 6.42 Å². The molecule has 7 heteroatoms. The van der Waals surface area contributed by atoms with Crippen LogP contribution < -0.4 is 0 Å². The Morgan fingerprint density at radius 1 is 1.07 bits per heavy atom. The standard InChI is InChI=1S/C16H27N2.C15H13NO2S.C2H6O/c1-6-17(7-2)14-10-11-16(18(8-3)9-4)13-15(16,5)12-14;1-2-13(14-8-4-3-5-9-14)12-19(17,18)15-10-6-7-11-16-15;1-3-2/h10-12H,3,6-9,13H2,1-2,4-5H3;1,3-11,13H,12H2;1-2H3. The number of sulfone groups is 1. The molecule has 6 nitrogen and oxygen atoms in total. The lowest BCUT2D eigenvalue weighted by molar-refractivity contribution is 0.214. The second-order valence-corrected chi connectivity index (χ2v) is 12.1. The number of methoxy groups -OCH3 is 1. The van der Waals surface area contributed by atoms with Crippen molar-refractivity contribution in [2.24, 2.45) is 5.41 Å². The number of likely N-dealkylation sites (N-methyl/N-ethyl adjacent to an activating group) is 2. The quantitative estimate of drug-likeness (QED) is 0.349. The van der Waals surface area contributed by atoms with Crippen molar-refractivity contribution in [2.75, 3.05) is 46.2 Å². The molecule has 1 saturated carbocycles. The van der Waals surface area contributed by atoms with Crippen LogP contribution in [0.25, 0.3) is 0 Å². The fraction of sp³-hybridized carbons (Fsp3) is 0.455. The van der Waals surface area contributed by atoms with E-state index < -0.39 is 15.8 Å². The highest BCUT2D eigenvalue weighted by Gasteiger charge is 2.65. The summed E-state index contributed by atoms with van der Waals surface area (Å²) in [6, 6.07) is 14.0. The molecule has 1 radical (unpaired) electrons. The van der Waals surface area contributed by atoms with Crippen LogP contribution in [-0.4, -0.2) is 74.9 Å². The van der Waals surface area contributed by atoms with E-state index in [1.165, 1.54) is 24.4 Å². The van der Waals surface area contributed by atoms with Crippen LogP contribution in [0.4, 0.5) is 0 Å². The zero-order valence-corrected chi connectivity index (χ0v) is 25.8. The van der Waals surface area contributed by atoms with Gasteiger partial charge in [0.2, 0.25) is 0 Å². The summed E-state index contributed by atoms with van der Waals surface area (Å²) >= 11 is 0. The third kappa shape index (κ3) is 7.84. The predicted octanol–water partition coefficient (Wildman–Crippen LogP) is 5.62. The average Bonchev–Trinajstić information content (AvgIpc) is 3.60. The fourth-order valence-corrected chi connectivity index (χ4v) is 6.71. The molecule has 0 bridgehead atoms. The molecule has 2 aliphatic carbocycles. The van der Waals surface area contributed by atoms with Gasteiger partial charge in [-0.3, -0.25) is 4.90 Å². The van der Waals surface area contributed by atoms with Crippen LogP contribution in [0.3, 0.4) is 0 Å². The van der Waals surface area contributed by atoms with Gasteiger partial charge in [-0.1, -0.05) is 68.3 Å². The van der Waals surface area contributed by atoms with Crippen LogP contribution in [0.5, 0.6) is 0 Å². The number of benzene rings is 1. The van der Waals surface area contributed by atoms with Crippen molar-refractivity contribution in [1.82, 2.24) is 14.8 Å². The number of ether oxygens (including phenoxy) is 1. The lowest BCUT2D eigenvalue weighted by Gasteiger charge is -2.35. The average molecular weight is 565 g/mol. The first kappa shape index (κ1) is 33.3. The summed E-state index contributed by atoms with van der Waals surface area (Å²) in [7, 11) is -0.223. The van der Waals surface area contributed by atoms with Gasteiger partial charge in [0.1, 0.15) is 0 Å². The van der Waals surface area contributed by atoms with Crippen molar-refractivity contribution in [3.8, 4) is 12.3 Å². The minimum atomic E-state index is -3.47. The van der Waals surface area contributed by atoms with E-state index in [9.17, 15) is 8.42 Å². The van der Waals surface area contributed by atoms with Gasteiger partial charge in [-0.25, -0.2) is 13.4 Å². The second kappa shape index (κ2) is 15.2. The van der Waals surface area contributed by atoms with Crippen molar-refractivity contribution >= 4 is 9.84 Å². The van der Waals surface area contributed by atoms with Crippen LogP contribution in [0.1, 0.15) is 45.6 Å². The zero-order valence-electron chi connectivity index (χ0n) is 25.0. The number of hydrogen-bond acceptors (Lipinski definition) is 6. The van der Waals surface area contributed by atoms with E-state index in [1.54, 1.807) is 26.4 Å². The minimum Gasteiger partial charge on any atom is -0.388 e. The second-order valence-electron chi connectivity index (χ2n) is 10.2. The molecule has 1 fully saturated rings. The van der Waals surface area contributed by atoms with E-state index in [-0.39, 0.29) is 16.3 Å². The van der Waals surface area contributed by atoms with E-state index in [1.807, 2.05) is 30.3 Å². The molecule has 1 aromatic heterocycles. The molecule has 4 rings (SSSR count). The molecule has 40 heavy (non-hydrogen) atoms. The van der Waals surface area contributed by atoms with Gasteiger partial charge in [0, 0.05) is 50.2 Å². The number of terminal acetylenes is 1. The fourth-order valence-electron chi connectivity index (χ4n) is 5.30. The Labute approximate surface area is 243 Å². The summed E-state index contributed by atoms with van der Waals surface area (Å²) in [5, 5.41) is 0.0613. The van der Waals surface area contributed by atoms with E-state index in [0.29, 0.717) is 5.41 Å². The molecule has 3 unspecified atom stereocenters. The molecular formula is C33H46N3O3S. The van der Waals surface area contributed by atoms with E-state index in [0.717, 1.165) is 31.7 Å². The van der Waals surface area contributed by atoms with Gasteiger partial charge in [0.25, 0.3) is 0 Å². The van der Waals surface area contributed by atoms with E-state index >= 15 is 0 Å². The maximum Gasteiger partial charge on any atom is 0.197 e. The first-order valence-electron chi connectivity index (χ1n) is 13.9. The third-order valence-corrected chi connectivity index (χ3v) is 9.24. The molecule has 1 aromatic carbocycles. The highest BCUT2D eigenvalue weighted by atomic mass is 32.2. The van der Waals surface area contributed by atoms with Crippen molar-refractivity contribution in [1.29, 1.82) is 0 Å². The number of rotatable bonds is 10. The molecule has 217 valence electrons. The monoisotopic (exact) mass is 564 g/mol. The maximum atomic E-state index is 12.2. The Morgan fingerprint density at radius 2 is 1.70 bits per heavy atom. The zero-order chi connectivity index (χ0) is 29.8. The van der Waals surface area contributed by atoms with Gasteiger partial charge in [-0.2, -0.15) is 0 Å². The molecular weight excluding hydrogens is 518 g/mol. The molecule has 3 atom stereocenters. The molecule has 2 aromatic rings. The Hall–Kier alpha value is -2.92. The van der Waals surface area contributed by atoms with Gasteiger partial charge in [-0.05, 0) is 64.1 Å². The number of aromatic nitrogens is 1. The summed E-state index contributed by atoms with van der Waals surface area (Å²) in [5.41, 5.74) is 2.79. The Bertz CT molecular complexity index is 1250. The number of hydrogen-bond donors (Lipinski definition) is 0. The topological polar surface area (TPSA) is 62.7 Å². The summed E-state index contributed by atoms with van der Waals surface area (Å²) in [5.74, 6) is 1.94. The summed E-state index contributed by atoms with van der Waals surface area (Å²) in [6.45, 7) is 17.3. The summed E-state index contributed by atoms with van der Waals surface area (Å²) < 4.78 is 28.7. The molecule has 0 amide bonds. The molecule has 2 aliphatic rings. The highest BCUT2D eigenvalue weighted by Crippen LogP contribution is 2.63. The van der Waals surface area contributed by atoms with Gasteiger partial charge in [0.05, 0.1) is 11.7 Å². The third-order valence-electron chi connectivity index (χ3n) is 7.59. The number of nitrogens with zero attached hydrogens (tertiary/aromatic N) is 3. The smallest absolute Gasteiger partial charge is 0.197 e. The van der Waals surface area contributed by atoms with Crippen LogP contribution >= 0.6 is 0 Å². The Morgan fingerprint density at radius 3 is 2.17 bits per heavy atom. The number of allylic oxidation sites excluding steroid dienone is 1. The lowest BCUT2D eigenvalue weighted by Crippen LogP contribution is -2.41. The van der Waals surface area contributed by atoms with E-state index in [2.05, 4.69) is 78.3 Å². The van der Waals surface area contributed by atoms with Crippen LogP contribution in [-0.2, 0) is 14.6 Å². The molecule has 0 N–H and O–H groups in total. The number of pyridine rings is 1. The normalized spacial score (nSPS) is 21.4. The molecule has 0 spiro atoms. The van der Waals surface area contributed by atoms with Gasteiger partial charge in [0.15, 0.2) is 14.9 Å². The van der Waals surface area contributed by atoms with Gasteiger partial charge in [-0.15, -0.1) is 6.42 Å². The van der Waals surface area contributed by atoms with Crippen molar-refractivity contribution in [2.45, 2.75) is 50.6 Å². The minimum absolute atomic E-state index is 0.0613. The molecule has 0 saturated heterocycles. The summed E-state index contributed by atoms with van der Waals surface area (Å²) in [4.78, 5) is 8.81. The summed E-state index contributed by atoms with van der Waals surface area (Å²) in [6.07, 6.45) is 15.4. The van der Waals surface area contributed by atoms with Crippen LogP contribution in [0, 0.1) is 24.7 Å². The van der Waals surface area contributed by atoms with Gasteiger partial charge >= 0.3 is 0 Å². The van der Waals surface area contributed by atoms with Crippen molar-refractivity contribution in [3.05, 3.63) is 91.1 Å². The molecule has 1 heterocycles. The highest BCUT2D eigenvalue weighted by molar-refractivity contribution is 7.91. The predicted molar refractivity (Wildman–Crippen MR) is 165 cm³/mol. The van der Waals surface area contributed by atoms with Gasteiger partial charge < -0.3 is 9.64 Å².